The fourth-order valence-corrected chi connectivity index (χ4v) is 2.35. The van der Waals surface area contributed by atoms with E-state index in [4.69, 9.17) is 18.0 Å². The molecular weight excluding hydrogens is 319 g/mol. The normalized spacial score (nSPS) is 16.1. The molecule has 1 atom stereocenters. The van der Waals surface area contributed by atoms with Gasteiger partial charge in [0.05, 0.1) is 16.6 Å². The summed E-state index contributed by atoms with van der Waals surface area (Å²) in [6.45, 7) is 0. The van der Waals surface area contributed by atoms with Crippen LogP contribution >= 0.6 is 28.1 Å². The van der Waals surface area contributed by atoms with E-state index in [2.05, 4.69) is 21.2 Å². The summed E-state index contributed by atoms with van der Waals surface area (Å²) in [6.07, 6.45) is 1.98. The average Bonchev–Trinajstić information content (AvgIpc) is 3.12. The SMILES string of the molecule is NC(=S)C(NC(=O)c1cc(Br)ccc1F)C1CC1. The Bertz CT molecular complexity index is 505. The quantitative estimate of drug-likeness (QED) is 0.833. The first kappa shape index (κ1) is 13.4. The molecule has 3 N–H and O–H groups in total. The van der Waals surface area contributed by atoms with Gasteiger partial charge in [0.25, 0.3) is 5.91 Å². The zero-order valence-corrected chi connectivity index (χ0v) is 11.9. The molecular formula is C12H12BrFN2OS. The smallest absolute Gasteiger partial charge is 0.254 e. The Hall–Kier alpha value is -1.01. The lowest BCUT2D eigenvalue weighted by molar-refractivity contribution is 0.0939. The second kappa shape index (κ2) is 5.32. The van der Waals surface area contributed by atoms with Crippen molar-refractivity contribution in [3.63, 3.8) is 0 Å². The van der Waals surface area contributed by atoms with Crippen LogP contribution in [0.4, 0.5) is 4.39 Å². The van der Waals surface area contributed by atoms with Crippen molar-refractivity contribution >= 4 is 39.0 Å². The van der Waals surface area contributed by atoms with Crippen LogP contribution in [0.15, 0.2) is 22.7 Å². The summed E-state index contributed by atoms with van der Waals surface area (Å²) >= 11 is 8.12. The predicted octanol–water partition coefficient (Wildman–Crippen LogP) is 2.38. The Morgan fingerprint density at radius 3 is 2.78 bits per heavy atom. The molecule has 3 nitrogen and oxygen atoms in total. The van der Waals surface area contributed by atoms with Crippen LogP contribution in [-0.2, 0) is 0 Å². The third-order valence-corrected chi connectivity index (χ3v) is 3.61. The first-order chi connectivity index (χ1) is 8.49. The Morgan fingerprint density at radius 2 is 2.22 bits per heavy atom. The van der Waals surface area contributed by atoms with Gasteiger partial charge >= 0.3 is 0 Å². The van der Waals surface area contributed by atoms with Gasteiger partial charge in [-0.05, 0) is 37.0 Å². The Morgan fingerprint density at radius 1 is 1.56 bits per heavy atom. The molecule has 1 fully saturated rings. The van der Waals surface area contributed by atoms with Crippen LogP contribution < -0.4 is 11.1 Å². The summed E-state index contributed by atoms with van der Waals surface area (Å²) in [6, 6.07) is 3.88. The Labute approximate surface area is 118 Å². The monoisotopic (exact) mass is 330 g/mol. The lowest BCUT2D eigenvalue weighted by Gasteiger charge is -2.17. The Balaban J connectivity index is 2.15. The maximum absolute atomic E-state index is 13.5. The van der Waals surface area contributed by atoms with Crippen molar-refractivity contribution in [2.75, 3.05) is 0 Å². The summed E-state index contributed by atoms with van der Waals surface area (Å²) in [5.74, 6) is -0.756. The number of halogens is 2. The van der Waals surface area contributed by atoms with Crippen LogP contribution in [0.1, 0.15) is 23.2 Å². The summed E-state index contributed by atoms with van der Waals surface area (Å²) in [5.41, 5.74) is 5.58. The van der Waals surface area contributed by atoms with E-state index >= 15 is 0 Å². The number of hydrogen-bond donors (Lipinski definition) is 2. The van der Waals surface area contributed by atoms with Crippen LogP contribution in [0.5, 0.6) is 0 Å². The molecule has 0 saturated heterocycles. The fraction of sp³-hybridized carbons (Fsp3) is 0.333. The van der Waals surface area contributed by atoms with Crippen molar-refractivity contribution in [1.29, 1.82) is 0 Å². The van der Waals surface area contributed by atoms with E-state index in [-0.39, 0.29) is 16.6 Å². The zero-order valence-electron chi connectivity index (χ0n) is 9.45. The first-order valence-electron chi connectivity index (χ1n) is 5.54. The molecule has 1 aromatic rings. The van der Waals surface area contributed by atoms with Crippen molar-refractivity contribution in [3.05, 3.63) is 34.1 Å². The summed E-state index contributed by atoms with van der Waals surface area (Å²) < 4.78 is 14.2. The molecule has 0 aliphatic heterocycles. The molecule has 6 heteroatoms. The molecule has 1 saturated carbocycles. The van der Waals surface area contributed by atoms with Gasteiger partial charge in [-0.3, -0.25) is 4.79 Å². The van der Waals surface area contributed by atoms with Gasteiger partial charge in [0, 0.05) is 4.47 Å². The molecule has 0 aromatic heterocycles. The van der Waals surface area contributed by atoms with E-state index in [0.29, 0.717) is 10.4 Å². The molecule has 1 aliphatic rings. The molecule has 0 heterocycles. The highest BCUT2D eigenvalue weighted by molar-refractivity contribution is 9.10. The molecule has 0 spiro atoms. The third kappa shape index (κ3) is 3.05. The van der Waals surface area contributed by atoms with Crippen molar-refractivity contribution in [2.24, 2.45) is 11.7 Å². The van der Waals surface area contributed by atoms with E-state index in [1.54, 1.807) is 0 Å². The van der Waals surface area contributed by atoms with Crippen LogP contribution in [0, 0.1) is 11.7 Å². The van der Waals surface area contributed by atoms with Gasteiger partial charge in [0.2, 0.25) is 0 Å². The fourth-order valence-electron chi connectivity index (χ4n) is 1.74. The van der Waals surface area contributed by atoms with Gasteiger partial charge in [-0.2, -0.15) is 0 Å². The third-order valence-electron chi connectivity index (χ3n) is 2.86. The van der Waals surface area contributed by atoms with Crippen molar-refractivity contribution in [3.8, 4) is 0 Å². The second-order valence-electron chi connectivity index (χ2n) is 4.32. The lowest BCUT2D eigenvalue weighted by Crippen LogP contribution is -2.45. The minimum absolute atomic E-state index is 0.00808. The minimum atomic E-state index is -0.562. The maximum Gasteiger partial charge on any atom is 0.254 e. The van der Waals surface area contributed by atoms with Gasteiger partial charge in [-0.15, -0.1) is 0 Å². The maximum atomic E-state index is 13.5. The predicted molar refractivity (Wildman–Crippen MR) is 74.9 cm³/mol. The van der Waals surface area contributed by atoms with E-state index in [0.717, 1.165) is 12.8 Å². The van der Waals surface area contributed by atoms with Gasteiger partial charge in [-0.1, -0.05) is 28.1 Å². The number of benzene rings is 1. The number of nitrogens with two attached hydrogens (primary N) is 1. The highest BCUT2D eigenvalue weighted by Gasteiger charge is 2.34. The highest BCUT2D eigenvalue weighted by Crippen LogP contribution is 2.33. The van der Waals surface area contributed by atoms with E-state index in [1.807, 2.05) is 0 Å². The number of carbonyl (C=O) groups excluding carboxylic acids is 1. The zero-order chi connectivity index (χ0) is 13.3. The van der Waals surface area contributed by atoms with Crippen molar-refractivity contribution < 1.29 is 9.18 Å². The van der Waals surface area contributed by atoms with E-state index in [1.165, 1.54) is 18.2 Å². The minimum Gasteiger partial charge on any atom is -0.392 e. The second-order valence-corrected chi connectivity index (χ2v) is 5.70. The van der Waals surface area contributed by atoms with Crippen molar-refractivity contribution in [1.82, 2.24) is 5.32 Å². The molecule has 18 heavy (non-hydrogen) atoms. The molecule has 1 unspecified atom stereocenters. The van der Waals surface area contributed by atoms with E-state index < -0.39 is 11.7 Å². The number of nitrogens with one attached hydrogen (secondary N) is 1. The van der Waals surface area contributed by atoms with Gasteiger partial charge < -0.3 is 11.1 Å². The van der Waals surface area contributed by atoms with E-state index in [9.17, 15) is 9.18 Å². The van der Waals surface area contributed by atoms with Gasteiger partial charge in [0.1, 0.15) is 5.82 Å². The van der Waals surface area contributed by atoms with Crippen LogP contribution in [0.3, 0.4) is 0 Å². The summed E-state index contributed by atoms with van der Waals surface area (Å²) in [7, 11) is 0. The largest absolute Gasteiger partial charge is 0.392 e. The molecule has 1 aliphatic carbocycles. The number of amides is 1. The van der Waals surface area contributed by atoms with Crippen LogP contribution in [-0.4, -0.2) is 16.9 Å². The topological polar surface area (TPSA) is 55.1 Å². The first-order valence-corrected chi connectivity index (χ1v) is 6.74. The number of carbonyl (C=O) groups is 1. The number of rotatable bonds is 4. The standard InChI is InChI=1S/C12H12BrFN2OS/c13-7-3-4-9(14)8(5-7)12(17)16-10(11(15)18)6-1-2-6/h3-6,10H,1-2H2,(H2,15,18)(H,16,17). The summed E-state index contributed by atoms with van der Waals surface area (Å²) in [4.78, 5) is 12.2. The van der Waals surface area contributed by atoms with Crippen LogP contribution in [0.25, 0.3) is 0 Å². The van der Waals surface area contributed by atoms with Gasteiger partial charge in [0.15, 0.2) is 0 Å². The Kier molecular flexibility index (Phi) is 3.97. The molecule has 96 valence electrons. The highest BCUT2D eigenvalue weighted by atomic mass is 79.9. The lowest BCUT2D eigenvalue weighted by atomic mass is 10.1. The molecule has 1 amide bonds. The van der Waals surface area contributed by atoms with Crippen LogP contribution in [0.2, 0.25) is 0 Å². The average molecular weight is 331 g/mol. The number of thiocarbonyl (C=S) groups is 1. The molecule has 0 radical (unpaired) electrons. The molecule has 1 aromatic carbocycles. The van der Waals surface area contributed by atoms with Crippen molar-refractivity contribution in [2.45, 2.75) is 18.9 Å². The molecule has 2 rings (SSSR count). The number of hydrogen-bond acceptors (Lipinski definition) is 2. The van der Waals surface area contributed by atoms with Gasteiger partial charge in [-0.25, -0.2) is 4.39 Å². The summed E-state index contributed by atoms with van der Waals surface area (Å²) in [5, 5.41) is 2.70. The molecule has 0 bridgehead atoms.